The Kier molecular flexibility index (Phi) is 7.96. The van der Waals surface area contributed by atoms with E-state index in [4.69, 9.17) is 9.47 Å². The average Bonchev–Trinajstić information content (AvgIpc) is 2.81. The Morgan fingerprint density at radius 2 is 1.29 bits per heavy atom. The normalized spacial score (nSPS) is 12.7. The minimum atomic E-state index is -0.931. The lowest BCUT2D eigenvalue weighted by Crippen LogP contribution is -2.14. The molecular weight excluding hydrogens is 392 g/mol. The van der Waals surface area contributed by atoms with Crippen LogP contribution in [0.2, 0.25) is 0 Å². The quantitative estimate of drug-likeness (QED) is 0.454. The molecule has 3 aromatic carbocycles. The number of carboxylic acid groups (broad SMARTS) is 1. The van der Waals surface area contributed by atoms with Gasteiger partial charge in [-0.25, -0.2) is 0 Å². The summed E-state index contributed by atoms with van der Waals surface area (Å²) < 4.78 is 11.3. The summed E-state index contributed by atoms with van der Waals surface area (Å²) in [4.78, 5) is 23.7. The standard InChI is InChI=1S/C26H26O5/c1-19(26(29)31-18-21-10-6-3-7-11-21)22-12-14-23(15-13-22)24(16-25(27)28)30-17-20-8-4-2-5-9-20/h2-15,19,24H,16-18H2,1H3,(H,27,28). The van der Waals surface area contributed by atoms with Crippen LogP contribution in [0.4, 0.5) is 0 Å². The van der Waals surface area contributed by atoms with E-state index in [2.05, 4.69) is 0 Å². The van der Waals surface area contributed by atoms with Crippen LogP contribution in [0.25, 0.3) is 0 Å². The Balaban J connectivity index is 1.62. The summed E-state index contributed by atoms with van der Waals surface area (Å²) in [6, 6.07) is 26.4. The molecule has 0 bridgehead atoms. The Labute approximate surface area is 182 Å². The molecule has 0 saturated carbocycles. The smallest absolute Gasteiger partial charge is 0.313 e. The molecule has 0 spiro atoms. The molecule has 0 aliphatic carbocycles. The van der Waals surface area contributed by atoms with Crippen LogP contribution in [-0.2, 0) is 32.3 Å². The fourth-order valence-corrected chi connectivity index (χ4v) is 3.19. The van der Waals surface area contributed by atoms with E-state index in [0.717, 1.165) is 22.3 Å². The van der Waals surface area contributed by atoms with Crippen LogP contribution in [-0.4, -0.2) is 17.0 Å². The van der Waals surface area contributed by atoms with E-state index >= 15 is 0 Å². The predicted molar refractivity (Wildman–Crippen MR) is 117 cm³/mol. The van der Waals surface area contributed by atoms with Gasteiger partial charge in [-0.2, -0.15) is 0 Å². The van der Waals surface area contributed by atoms with Crippen LogP contribution in [0.3, 0.4) is 0 Å². The third-order valence-corrected chi connectivity index (χ3v) is 5.04. The van der Waals surface area contributed by atoms with Gasteiger partial charge < -0.3 is 14.6 Å². The number of rotatable bonds is 10. The first-order valence-corrected chi connectivity index (χ1v) is 10.2. The van der Waals surface area contributed by atoms with E-state index in [1.54, 1.807) is 6.92 Å². The van der Waals surface area contributed by atoms with Crippen LogP contribution >= 0.6 is 0 Å². The number of esters is 1. The third kappa shape index (κ3) is 6.79. The van der Waals surface area contributed by atoms with Crippen molar-refractivity contribution in [1.29, 1.82) is 0 Å². The van der Waals surface area contributed by atoms with Gasteiger partial charge in [-0.05, 0) is 29.2 Å². The molecule has 1 N–H and O–H groups in total. The topological polar surface area (TPSA) is 72.8 Å². The monoisotopic (exact) mass is 418 g/mol. The summed E-state index contributed by atoms with van der Waals surface area (Å²) in [6.45, 7) is 2.35. The molecule has 0 aliphatic rings. The van der Waals surface area contributed by atoms with Gasteiger partial charge in [0.1, 0.15) is 6.61 Å². The average molecular weight is 418 g/mol. The van der Waals surface area contributed by atoms with Crippen molar-refractivity contribution in [3.63, 3.8) is 0 Å². The summed E-state index contributed by atoms with van der Waals surface area (Å²) in [7, 11) is 0. The van der Waals surface area contributed by atoms with Gasteiger partial charge in [-0.1, -0.05) is 84.9 Å². The van der Waals surface area contributed by atoms with Crippen LogP contribution < -0.4 is 0 Å². The largest absolute Gasteiger partial charge is 0.481 e. The van der Waals surface area contributed by atoms with E-state index in [0.29, 0.717) is 6.61 Å². The molecule has 0 aliphatic heterocycles. The molecule has 2 unspecified atom stereocenters. The second-order valence-electron chi connectivity index (χ2n) is 7.36. The van der Waals surface area contributed by atoms with Gasteiger partial charge in [0.05, 0.1) is 25.0 Å². The molecule has 0 aromatic heterocycles. The Morgan fingerprint density at radius 3 is 1.84 bits per heavy atom. The molecule has 160 valence electrons. The number of hydrogen-bond acceptors (Lipinski definition) is 4. The van der Waals surface area contributed by atoms with Gasteiger partial charge >= 0.3 is 11.9 Å². The van der Waals surface area contributed by atoms with Gasteiger partial charge in [-0.3, -0.25) is 9.59 Å². The van der Waals surface area contributed by atoms with Crippen molar-refractivity contribution in [1.82, 2.24) is 0 Å². The lowest BCUT2D eigenvalue weighted by atomic mass is 9.97. The first kappa shape index (κ1) is 22.2. The highest BCUT2D eigenvalue weighted by Crippen LogP contribution is 2.26. The molecule has 0 heterocycles. The van der Waals surface area contributed by atoms with E-state index in [9.17, 15) is 14.7 Å². The van der Waals surface area contributed by atoms with E-state index in [1.165, 1.54) is 0 Å². The van der Waals surface area contributed by atoms with Crippen molar-refractivity contribution in [2.75, 3.05) is 0 Å². The van der Waals surface area contributed by atoms with Crippen molar-refractivity contribution in [2.24, 2.45) is 0 Å². The highest BCUT2D eigenvalue weighted by atomic mass is 16.5. The first-order chi connectivity index (χ1) is 15.0. The molecule has 0 amide bonds. The van der Waals surface area contributed by atoms with Gasteiger partial charge in [0, 0.05) is 0 Å². The summed E-state index contributed by atoms with van der Waals surface area (Å²) >= 11 is 0. The molecule has 3 rings (SSSR count). The van der Waals surface area contributed by atoms with Gasteiger partial charge in [0.25, 0.3) is 0 Å². The molecule has 0 radical (unpaired) electrons. The minimum absolute atomic E-state index is 0.138. The first-order valence-electron chi connectivity index (χ1n) is 10.2. The summed E-state index contributed by atoms with van der Waals surface area (Å²) in [5.74, 6) is -1.67. The van der Waals surface area contributed by atoms with Crippen LogP contribution in [0.15, 0.2) is 84.9 Å². The zero-order valence-electron chi connectivity index (χ0n) is 17.4. The Hall–Kier alpha value is -3.44. The molecular formula is C26H26O5. The number of aliphatic carboxylic acids is 1. The summed E-state index contributed by atoms with van der Waals surface area (Å²) in [5.41, 5.74) is 3.47. The number of carbonyl (C=O) groups is 2. The number of carboxylic acids is 1. The van der Waals surface area contributed by atoms with Crippen molar-refractivity contribution in [3.05, 3.63) is 107 Å². The molecule has 3 aromatic rings. The van der Waals surface area contributed by atoms with Gasteiger partial charge in [0.15, 0.2) is 0 Å². The lowest BCUT2D eigenvalue weighted by molar-refractivity contribution is -0.146. The Bertz CT molecular complexity index is 968. The Morgan fingerprint density at radius 1 is 0.774 bits per heavy atom. The molecule has 5 heteroatoms. The minimum Gasteiger partial charge on any atom is -0.481 e. The summed E-state index contributed by atoms with van der Waals surface area (Å²) in [5, 5.41) is 9.27. The van der Waals surface area contributed by atoms with E-state index in [1.807, 2.05) is 84.9 Å². The molecule has 0 saturated heterocycles. The molecule has 5 nitrogen and oxygen atoms in total. The van der Waals surface area contributed by atoms with Crippen LogP contribution in [0, 0.1) is 0 Å². The van der Waals surface area contributed by atoms with E-state index in [-0.39, 0.29) is 19.0 Å². The zero-order chi connectivity index (χ0) is 22.1. The fraction of sp³-hybridized carbons (Fsp3) is 0.231. The van der Waals surface area contributed by atoms with E-state index < -0.39 is 18.0 Å². The van der Waals surface area contributed by atoms with Gasteiger partial charge in [0.2, 0.25) is 0 Å². The van der Waals surface area contributed by atoms with Gasteiger partial charge in [-0.15, -0.1) is 0 Å². The van der Waals surface area contributed by atoms with Crippen molar-refractivity contribution >= 4 is 11.9 Å². The van der Waals surface area contributed by atoms with Crippen LogP contribution in [0.1, 0.15) is 47.6 Å². The maximum atomic E-state index is 12.4. The lowest BCUT2D eigenvalue weighted by Gasteiger charge is -2.18. The SMILES string of the molecule is CC(C(=O)OCc1ccccc1)c1ccc(C(CC(=O)O)OCc2ccccc2)cc1. The molecule has 0 fully saturated rings. The van der Waals surface area contributed by atoms with Crippen molar-refractivity contribution in [2.45, 2.75) is 38.6 Å². The highest BCUT2D eigenvalue weighted by molar-refractivity contribution is 5.77. The maximum Gasteiger partial charge on any atom is 0.313 e. The number of ether oxygens (including phenoxy) is 2. The zero-order valence-corrected chi connectivity index (χ0v) is 17.4. The second-order valence-corrected chi connectivity index (χ2v) is 7.36. The van der Waals surface area contributed by atoms with Crippen LogP contribution in [0.5, 0.6) is 0 Å². The summed E-state index contributed by atoms with van der Waals surface area (Å²) in [6.07, 6.45) is -0.715. The fourth-order valence-electron chi connectivity index (χ4n) is 3.19. The predicted octanol–water partition coefficient (Wildman–Crippen LogP) is 5.27. The second kappa shape index (κ2) is 11.1. The maximum absolute atomic E-state index is 12.4. The van der Waals surface area contributed by atoms with Crippen molar-refractivity contribution < 1.29 is 24.2 Å². The molecule has 2 atom stereocenters. The number of benzene rings is 3. The third-order valence-electron chi connectivity index (χ3n) is 5.04. The highest BCUT2D eigenvalue weighted by Gasteiger charge is 2.20. The van der Waals surface area contributed by atoms with Crippen molar-refractivity contribution in [3.8, 4) is 0 Å². The number of hydrogen-bond donors (Lipinski definition) is 1. The number of carbonyl (C=O) groups excluding carboxylic acids is 1. The molecule has 31 heavy (non-hydrogen) atoms.